The number of nitrogens with one attached hydrogen (secondary N) is 1. The Labute approximate surface area is 140 Å². The van der Waals surface area contributed by atoms with Crippen LogP contribution in [0.2, 0.25) is 0 Å². The van der Waals surface area contributed by atoms with Gasteiger partial charge in [-0.25, -0.2) is 5.43 Å². The molecule has 24 heavy (non-hydrogen) atoms. The maximum Gasteiger partial charge on any atom is 0.244 e. The summed E-state index contributed by atoms with van der Waals surface area (Å²) in [6.45, 7) is 1.81. The Bertz CT molecular complexity index is 894. The molecule has 0 aliphatic rings. The molecule has 2 N–H and O–H groups in total. The lowest BCUT2D eigenvalue weighted by atomic mass is 10.0. The van der Waals surface area contributed by atoms with E-state index in [2.05, 4.69) is 10.5 Å². The first-order valence-corrected chi connectivity index (χ1v) is 7.72. The molecule has 0 saturated heterocycles. The Morgan fingerprint density at radius 2 is 1.71 bits per heavy atom. The van der Waals surface area contributed by atoms with Crippen molar-refractivity contribution in [1.82, 2.24) is 5.43 Å². The number of phenols is 1. The van der Waals surface area contributed by atoms with Crippen molar-refractivity contribution < 1.29 is 9.90 Å². The highest BCUT2D eigenvalue weighted by atomic mass is 16.3. The largest absolute Gasteiger partial charge is 0.508 e. The van der Waals surface area contributed by atoms with Crippen LogP contribution in [0.1, 0.15) is 18.1 Å². The van der Waals surface area contributed by atoms with E-state index < -0.39 is 0 Å². The van der Waals surface area contributed by atoms with Crippen LogP contribution in [0.15, 0.2) is 71.8 Å². The van der Waals surface area contributed by atoms with Crippen LogP contribution in [-0.2, 0) is 11.2 Å². The van der Waals surface area contributed by atoms with Crippen molar-refractivity contribution in [1.29, 1.82) is 0 Å². The number of carbonyl (C=O) groups excluding carboxylic acids is 1. The molecule has 0 spiro atoms. The van der Waals surface area contributed by atoms with E-state index in [4.69, 9.17) is 0 Å². The van der Waals surface area contributed by atoms with Crippen molar-refractivity contribution in [3.05, 3.63) is 77.9 Å². The Hall–Kier alpha value is -3.14. The van der Waals surface area contributed by atoms with Gasteiger partial charge in [0, 0.05) is 0 Å². The molecule has 0 aliphatic heterocycles. The first kappa shape index (κ1) is 15.7. The number of hydrogen-bond donors (Lipinski definition) is 2. The van der Waals surface area contributed by atoms with Crippen molar-refractivity contribution in [3.8, 4) is 5.75 Å². The van der Waals surface area contributed by atoms with E-state index in [1.807, 2.05) is 49.4 Å². The van der Waals surface area contributed by atoms with Crippen molar-refractivity contribution in [2.75, 3.05) is 0 Å². The number of benzene rings is 3. The van der Waals surface area contributed by atoms with Crippen molar-refractivity contribution in [3.63, 3.8) is 0 Å². The molecule has 0 saturated carbocycles. The van der Waals surface area contributed by atoms with Crippen molar-refractivity contribution in [2.45, 2.75) is 13.3 Å². The summed E-state index contributed by atoms with van der Waals surface area (Å²) in [6.07, 6.45) is 0.272. The predicted octanol–water partition coefficient (Wildman–Crippen LogP) is 3.63. The van der Waals surface area contributed by atoms with Gasteiger partial charge in [-0.2, -0.15) is 5.10 Å². The molecule has 0 atom stereocenters. The van der Waals surface area contributed by atoms with Gasteiger partial charge in [-0.15, -0.1) is 0 Å². The summed E-state index contributed by atoms with van der Waals surface area (Å²) in [5.74, 6) is 0.0380. The molecule has 4 nitrogen and oxygen atoms in total. The highest BCUT2D eigenvalue weighted by Crippen LogP contribution is 2.18. The minimum Gasteiger partial charge on any atom is -0.508 e. The number of hydrogen-bond acceptors (Lipinski definition) is 3. The quantitative estimate of drug-likeness (QED) is 0.570. The van der Waals surface area contributed by atoms with Crippen LogP contribution >= 0.6 is 0 Å². The Kier molecular flexibility index (Phi) is 4.57. The van der Waals surface area contributed by atoms with Gasteiger partial charge in [0.15, 0.2) is 0 Å². The normalized spacial score (nSPS) is 11.5. The summed E-state index contributed by atoms with van der Waals surface area (Å²) in [5, 5.41) is 15.6. The SMILES string of the molecule is C/C(=N\NC(=O)Cc1cccc2ccccc12)c1ccc(O)cc1. The van der Waals surface area contributed by atoms with E-state index in [0.717, 1.165) is 21.9 Å². The van der Waals surface area contributed by atoms with E-state index in [9.17, 15) is 9.90 Å². The Balaban J connectivity index is 1.71. The Morgan fingerprint density at radius 1 is 1.00 bits per heavy atom. The summed E-state index contributed by atoms with van der Waals surface area (Å²) in [6, 6.07) is 20.6. The average molecular weight is 318 g/mol. The highest BCUT2D eigenvalue weighted by molar-refractivity contribution is 5.99. The fourth-order valence-electron chi connectivity index (χ4n) is 2.57. The summed E-state index contributed by atoms with van der Waals surface area (Å²) in [5.41, 5.74) is 5.10. The third kappa shape index (κ3) is 3.60. The van der Waals surface area contributed by atoms with Crippen LogP contribution in [0.5, 0.6) is 5.75 Å². The summed E-state index contributed by atoms with van der Waals surface area (Å²) in [4.78, 5) is 12.2. The molecule has 3 aromatic carbocycles. The van der Waals surface area contributed by atoms with Crippen LogP contribution < -0.4 is 5.43 Å². The van der Waals surface area contributed by atoms with Crippen LogP contribution in [0, 0.1) is 0 Å². The third-order valence-electron chi connectivity index (χ3n) is 3.86. The van der Waals surface area contributed by atoms with Gasteiger partial charge in [0.2, 0.25) is 5.91 Å². The smallest absolute Gasteiger partial charge is 0.244 e. The van der Waals surface area contributed by atoms with E-state index in [-0.39, 0.29) is 18.1 Å². The van der Waals surface area contributed by atoms with Gasteiger partial charge in [0.05, 0.1) is 12.1 Å². The monoisotopic (exact) mass is 318 g/mol. The molecule has 0 bridgehead atoms. The maximum atomic E-state index is 12.2. The van der Waals surface area contributed by atoms with Gasteiger partial charge >= 0.3 is 0 Å². The molecule has 3 aromatic rings. The number of rotatable bonds is 4. The van der Waals surface area contributed by atoms with Gasteiger partial charge < -0.3 is 5.11 Å². The molecule has 0 fully saturated rings. The molecule has 0 aromatic heterocycles. The zero-order valence-electron chi connectivity index (χ0n) is 13.4. The number of hydrazone groups is 1. The van der Waals surface area contributed by atoms with Crippen molar-refractivity contribution in [2.24, 2.45) is 5.10 Å². The molecule has 120 valence electrons. The van der Waals surface area contributed by atoms with E-state index in [1.165, 1.54) is 0 Å². The Morgan fingerprint density at radius 3 is 2.50 bits per heavy atom. The molecule has 1 amide bonds. The number of nitrogens with zero attached hydrogens (tertiary/aromatic N) is 1. The first-order valence-electron chi connectivity index (χ1n) is 7.72. The van der Waals surface area contributed by atoms with Gasteiger partial charge in [0.25, 0.3) is 0 Å². The highest BCUT2D eigenvalue weighted by Gasteiger charge is 2.06. The minimum atomic E-state index is -0.163. The first-order chi connectivity index (χ1) is 11.6. The topological polar surface area (TPSA) is 61.7 Å². The fraction of sp³-hybridized carbons (Fsp3) is 0.100. The number of aromatic hydroxyl groups is 1. The van der Waals surface area contributed by atoms with E-state index in [1.54, 1.807) is 24.3 Å². The molecule has 0 aliphatic carbocycles. The van der Waals surface area contributed by atoms with Crippen LogP contribution in [0.4, 0.5) is 0 Å². The van der Waals surface area contributed by atoms with E-state index in [0.29, 0.717) is 5.71 Å². The molecule has 0 heterocycles. The van der Waals surface area contributed by atoms with Crippen LogP contribution in [-0.4, -0.2) is 16.7 Å². The lowest BCUT2D eigenvalue weighted by Gasteiger charge is -2.06. The molecule has 3 rings (SSSR count). The maximum absolute atomic E-state index is 12.2. The molecule has 4 heteroatoms. The second-order valence-electron chi connectivity index (χ2n) is 5.59. The number of phenolic OH excluding ortho intramolecular Hbond substituents is 1. The number of amides is 1. The second-order valence-corrected chi connectivity index (χ2v) is 5.59. The summed E-state index contributed by atoms with van der Waals surface area (Å²) >= 11 is 0. The lowest BCUT2D eigenvalue weighted by Crippen LogP contribution is -2.21. The molecule has 0 radical (unpaired) electrons. The zero-order chi connectivity index (χ0) is 16.9. The predicted molar refractivity (Wildman–Crippen MR) is 96.1 cm³/mol. The average Bonchev–Trinajstić information content (AvgIpc) is 2.61. The summed E-state index contributed by atoms with van der Waals surface area (Å²) < 4.78 is 0. The zero-order valence-corrected chi connectivity index (χ0v) is 13.4. The molecule has 0 unspecified atom stereocenters. The summed E-state index contributed by atoms with van der Waals surface area (Å²) in [7, 11) is 0. The fourth-order valence-corrected chi connectivity index (χ4v) is 2.57. The second kappa shape index (κ2) is 6.96. The molecular formula is C20H18N2O2. The standard InChI is InChI=1S/C20H18N2O2/c1-14(15-9-11-18(23)12-10-15)21-22-20(24)13-17-7-4-6-16-5-2-3-8-19(16)17/h2-12,23H,13H2,1H3,(H,22,24)/b21-14+. The van der Waals surface area contributed by atoms with Crippen molar-refractivity contribution >= 4 is 22.4 Å². The van der Waals surface area contributed by atoms with Gasteiger partial charge in [0.1, 0.15) is 5.75 Å². The van der Waals surface area contributed by atoms with Crippen LogP contribution in [0.3, 0.4) is 0 Å². The number of carbonyl (C=O) groups is 1. The minimum absolute atomic E-state index is 0.163. The van der Waals surface area contributed by atoms with Crippen LogP contribution in [0.25, 0.3) is 10.8 Å². The van der Waals surface area contributed by atoms with Gasteiger partial charge in [-0.05, 0) is 53.1 Å². The van der Waals surface area contributed by atoms with Gasteiger partial charge in [-0.3, -0.25) is 4.79 Å². The number of fused-ring (bicyclic) bond motifs is 1. The third-order valence-corrected chi connectivity index (χ3v) is 3.86. The lowest BCUT2D eigenvalue weighted by molar-refractivity contribution is -0.120. The van der Waals surface area contributed by atoms with E-state index >= 15 is 0 Å². The molecular weight excluding hydrogens is 300 g/mol. The van der Waals surface area contributed by atoms with Gasteiger partial charge in [-0.1, -0.05) is 42.5 Å².